The number of aromatic nitrogens is 1. The van der Waals surface area contributed by atoms with Crippen LogP contribution in [0.3, 0.4) is 0 Å². The number of hydrogen-bond donors (Lipinski definition) is 0. The average molecular weight is 603 g/mol. The van der Waals surface area contributed by atoms with E-state index in [0.717, 1.165) is 49.9 Å². The van der Waals surface area contributed by atoms with Crippen LogP contribution in [0.5, 0.6) is 0 Å². The fourth-order valence-corrected chi connectivity index (χ4v) is 8.06. The lowest BCUT2D eigenvalue weighted by Crippen LogP contribution is -2.12. The minimum absolute atomic E-state index is 0.111. The first-order valence-electron chi connectivity index (χ1n) is 15.5. The topological polar surface area (TPSA) is 12.9 Å². The van der Waals surface area contributed by atoms with Crippen molar-refractivity contribution in [3.63, 3.8) is 0 Å². The summed E-state index contributed by atoms with van der Waals surface area (Å²) in [6.07, 6.45) is -4.54. The fraction of sp³-hybridized carbons (Fsp3) is 0.395. The number of halogens is 3. The smallest absolute Gasteiger partial charge is 0.254 e. The van der Waals surface area contributed by atoms with Crippen molar-refractivity contribution in [2.75, 3.05) is 0 Å². The Balaban J connectivity index is 1.92. The summed E-state index contributed by atoms with van der Waals surface area (Å²) in [4.78, 5) is 5.27. The van der Waals surface area contributed by atoms with Gasteiger partial charge in [-0.1, -0.05) is 91.8 Å². The molecule has 0 aliphatic rings. The zero-order valence-electron chi connectivity index (χ0n) is 27.9. The molecule has 3 aromatic carbocycles. The van der Waals surface area contributed by atoms with Gasteiger partial charge in [0.2, 0.25) is 0 Å². The Morgan fingerprint density at radius 2 is 1.51 bits per heavy atom. The molecule has 0 aliphatic carbocycles. The number of benzene rings is 3. The average Bonchev–Trinajstić information content (AvgIpc) is 3.24. The molecule has 0 N–H and O–H groups in total. The highest BCUT2D eigenvalue weighted by atomic mass is 32.1. The molecular weight excluding hydrogens is 559 g/mol. The second-order valence-electron chi connectivity index (χ2n) is 14.5. The molecule has 0 aliphatic heterocycles. The molecule has 5 rings (SSSR count). The molecule has 0 radical (unpaired) electrons. The number of pyridine rings is 1. The van der Waals surface area contributed by atoms with E-state index < -0.39 is 17.9 Å². The monoisotopic (exact) mass is 602 g/mol. The molecular formula is C38H42F3NS. The van der Waals surface area contributed by atoms with Crippen LogP contribution in [0, 0.1) is 19.3 Å². The third kappa shape index (κ3) is 5.98. The molecule has 226 valence electrons. The molecule has 0 spiro atoms. The summed E-state index contributed by atoms with van der Waals surface area (Å²) in [6.45, 7) is 21.0. The van der Waals surface area contributed by atoms with Crippen molar-refractivity contribution >= 4 is 32.2 Å². The van der Waals surface area contributed by atoms with Gasteiger partial charge in [-0.2, -0.15) is 13.2 Å². The predicted molar refractivity (Wildman–Crippen MR) is 178 cm³/mol. The van der Waals surface area contributed by atoms with Gasteiger partial charge in [-0.3, -0.25) is 4.98 Å². The lowest BCUT2D eigenvalue weighted by molar-refractivity contribution is -0.136. The molecule has 1 nitrogen and oxygen atoms in total. The van der Waals surface area contributed by atoms with E-state index >= 15 is 0 Å². The number of alkyl halides is 3. The van der Waals surface area contributed by atoms with Crippen molar-refractivity contribution in [3.8, 4) is 21.7 Å². The van der Waals surface area contributed by atoms with Crippen LogP contribution < -0.4 is 0 Å². The summed E-state index contributed by atoms with van der Waals surface area (Å²) in [7, 11) is 0. The van der Waals surface area contributed by atoms with Crippen molar-refractivity contribution in [2.45, 2.75) is 93.2 Å². The highest BCUT2D eigenvalue weighted by Crippen LogP contribution is 2.51. The quantitative estimate of drug-likeness (QED) is 0.199. The molecule has 0 atom stereocenters. The number of rotatable bonds is 4. The fourth-order valence-electron chi connectivity index (χ4n) is 6.41. The number of fused-ring (bicyclic) bond motifs is 2. The lowest BCUT2D eigenvalue weighted by atomic mass is 9.82. The van der Waals surface area contributed by atoms with E-state index in [9.17, 15) is 13.2 Å². The molecule has 0 bridgehead atoms. The van der Waals surface area contributed by atoms with Crippen molar-refractivity contribution in [1.82, 2.24) is 4.98 Å². The Hall–Kier alpha value is -3.18. The molecule has 43 heavy (non-hydrogen) atoms. The zero-order valence-corrected chi connectivity index (χ0v) is 27.7. The van der Waals surface area contributed by atoms with Gasteiger partial charge in [0.05, 0.1) is 17.3 Å². The van der Waals surface area contributed by atoms with Crippen LogP contribution in [0.1, 0.15) is 96.1 Å². The number of nitrogens with zero attached hydrogens (tertiary/aromatic N) is 1. The van der Waals surface area contributed by atoms with Gasteiger partial charge in [-0.25, -0.2) is 0 Å². The summed E-state index contributed by atoms with van der Waals surface area (Å²) in [5.74, 6) is -0.204. The number of thiophene rings is 1. The highest BCUT2D eigenvalue weighted by Gasteiger charge is 2.37. The van der Waals surface area contributed by atoms with Crippen LogP contribution in [-0.4, -0.2) is 4.98 Å². The van der Waals surface area contributed by atoms with Gasteiger partial charge in [0.1, 0.15) is 0 Å². The van der Waals surface area contributed by atoms with E-state index in [4.69, 9.17) is 1.37 Å². The van der Waals surface area contributed by atoms with Crippen LogP contribution in [0.25, 0.3) is 42.6 Å². The largest absolute Gasteiger partial charge is 0.418 e. The van der Waals surface area contributed by atoms with E-state index in [0.29, 0.717) is 16.0 Å². The molecule has 0 fully saturated rings. The Morgan fingerprint density at radius 1 is 0.884 bits per heavy atom. The molecule has 5 heteroatoms. The highest BCUT2D eigenvalue weighted by molar-refractivity contribution is 7.23. The third-order valence-electron chi connectivity index (χ3n) is 8.05. The van der Waals surface area contributed by atoms with E-state index in [1.54, 1.807) is 0 Å². The summed E-state index contributed by atoms with van der Waals surface area (Å²) in [5.41, 5.74) is 6.16. The maximum atomic E-state index is 14.8. The second kappa shape index (κ2) is 10.8. The summed E-state index contributed by atoms with van der Waals surface area (Å²) < 4.78 is 53.6. The van der Waals surface area contributed by atoms with E-state index in [-0.39, 0.29) is 22.1 Å². The lowest BCUT2D eigenvalue weighted by Gasteiger charge is -2.23. The Morgan fingerprint density at radius 3 is 2.07 bits per heavy atom. The molecule has 0 saturated carbocycles. The Kier molecular flexibility index (Phi) is 7.48. The Bertz CT molecular complexity index is 1880. The summed E-state index contributed by atoms with van der Waals surface area (Å²) in [6, 6.07) is 16.5. The molecule has 0 amide bonds. The number of aryl methyl sites for hydroxylation is 2. The molecule has 0 saturated heterocycles. The zero-order chi connectivity index (χ0) is 32.5. The maximum Gasteiger partial charge on any atom is 0.418 e. The number of hydrogen-bond acceptors (Lipinski definition) is 2. The summed E-state index contributed by atoms with van der Waals surface area (Å²) >= 11 is 1.39. The van der Waals surface area contributed by atoms with Crippen molar-refractivity contribution in [2.24, 2.45) is 5.41 Å². The first kappa shape index (κ1) is 29.9. The van der Waals surface area contributed by atoms with Gasteiger partial charge in [-0.05, 0) is 93.3 Å². The van der Waals surface area contributed by atoms with Crippen LogP contribution in [0.2, 0.25) is 0 Å². The normalized spacial score (nSPS) is 13.4. The SMILES string of the molecule is [2H]c1nc(-c2cc(C(C)(C)C)c3ccccc3c2)c2sc(-c3c(C)cc(CC(C)(C)C)cc3C)c(C(C)C)c2c1C(F)(F)F. The van der Waals surface area contributed by atoms with E-state index in [1.807, 2.05) is 38.1 Å². The Labute approximate surface area is 259 Å². The van der Waals surface area contributed by atoms with Gasteiger partial charge >= 0.3 is 6.18 Å². The van der Waals surface area contributed by atoms with E-state index in [1.165, 1.54) is 16.9 Å². The van der Waals surface area contributed by atoms with Crippen LogP contribution >= 0.6 is 11.3 Å². The van der Waals surface area contributed by atoms with Gasteiger partial charge in [0, 0.05) is 22.0 Å². The van der Waals surface area contributed by atoms with Crippen molar-refractivity contribution in [1.29, 1.82) is 0 Å². The van der Waals surface area contributed by atoms with Crippen molar-refractivity contribution < 1.29 is 14.5 Å². The minimum atomic E-state index is -4.72. The molecule has 5 aromatic rings. The van der Waals surface area contributed by atoms with Crippen LogP contribution in [0.4, 0.5) is 13.2 Å². The first-order valence-corrected chi connectivity index (χ1v) is 15.8. The first-order chi connectivity index (χ1) is 20.3. The summed E-state index contributed by atoms with van der Waals surface area (Å²) in [5, 5.41) is 2.22. The van der Waals surface area contributed by atoms with Gasteiger partial charge in [-0.15, -0.1) is 11.3 Å². The maximum absolute atomic E-state index is 14.8. The standard InChI is InChI=1S/C38H42F3NS/c1-21(2)30-32-29(38(39,40)41)20-42-33(26-17-25-13-11-12-14-27(25)28(18-26)37(8,9)10)35(32)43-34(30)31-22(3)15-24(16-23(31)4)19-36(5,6)7/h11-18,20-21H,19H2,1-10H3/i20D. The van der Waals surface area contributed by atoms with Crippen LogP contribution in [-0.2, 0) is 18.0 Å². The second-order valence-corrected chi connectivity index (χ2v) is 15.5. The van der Waals surface area contributed by atoms with Gasteiger partial charge < -0.3 is 0 Å². The third-order valence-corrected chi connectivity index (χ3v) is 9.28. The van der Waals surface area contributed by atoms with Gasteiger partial charge in [0.15, 0.2) is 0 Å². The van der Waals surface area contributed by atoms with Crippen LogP contribution in [0.15, 0.2) is 54.7 Å². The molecule has 2 aromatic heterocycles. The van der Waals surface area contributed by atoms with Gasteiger partial charge in [0.25, 0.3) is 0 Å². The predicted octanol–water partition coefficient (Wildman–Crippen LogP) is 12.4. The minimum Gasteiger partial charge on any atom is -0.254 e. The van der Waals surface area contributed by atoms with Crippen molar-refractivity contribution in [3.05, 3.63) is 88.1 Å². The molecule has 2 heterocycles. The van der Waals surface area contributed by atoms with E-state index in [2.05, 4.69) is 84.6 Å². The molecule has 0 unspecified atom stereocenters.